The maximum atomic E-state index is 13.3. The molecule has 12 heteroatoms. The first-order valence-corrected chi connectivity index (χ1v) is 11.2. The van der Waals surface area contributed by atoms with Crippen LogP contribution in [0.5, 0.6) is 11.5 Å². The molecule has 0 N–H and O–H groups in total. The third kappa shape index (κ3) is 5.50. The van der Waals surface area contributed by atoms with E-state index >= 15 is 0 Å². The summed E-state index contributed by atoms with van der Waals surface area (Å²) in [5, 5.41) is 12.6. The second kappa shape index (κ2) is 10.2. The van der Waals surface area contributed by atoms with E-state index in [1.807, 2.05) is 6.92 Å². The third-order valence-corrected chi connectivity index (χ3v) is 5.63. The molecular weight excluding hydrogens is 471 g/mol. The number of hydrogen-bond donors (Lipinski definition) is 0. The molecular formula is C22H20F3N5O3S. The van der Waals surface area contributed by atoms with Crippen LogP contribution in [0.2, 0.25) is 0 Å². The Morgan fingerprint density at radius 3 is 2.50 bits per heavy atom. The van der Waals surface area contributed by atoms with Crippen molar-refractivity contribution >= 4 is 11.8 Å². The van der Waals surface area contributed by atoms with Gasteiger partial charge < -0.3 is 14.0 Å². The highest BCUT2D eigenvalue weighted by atomic mass is 32.2. The van der Waals surface area contributed by atoms with Crippen LogP contribution >= 0.6 is 11.8 Å². The first kappa shape index (κ1) is 23.6. The Hall–Kier alpha value is -3.54. The molecule has 0 aliphatic heterocycles. The molecule has 2 aromatic carbocycles. The minimum Gasteiger partial charge on any atom is -0.497 e. The van der Waals surface area contributed by atoms with Crippen LogP contribution in [0.3, 0.4) is 0 Å². The zero-order valence-electron chi connectivity index (χ0n) is 18.2. The second-order valence-corrected chi connectivity index (χ2v) is 7.94. The maximum Gasteiger partial charge on any atom is 0.416 e. The van der Waals surface area contributed by atoms with Crippen molar-refractivity contribution in [3.63, 3.8) is 0 Å². The Bertz CT molecular complexity index is 1240. The molecule has 0 fully saturated rings. The van der Waals surface area contributed by atoms with Gasteiger partial charge in [-0.1, -0.05) is 29.9 Å². The molecule has 0 unspecified atom stereocenters. The van der Waals surface area contributed by atoms with Gasteiger partial charge in [0.15, 0.2) is 16.8 Å². The Labute approximate surface area is 197 Å². The van der Waals surface area contributed by atoms with E-state index in [-0.39, 0.29) is 12.3 Å². The summed E-state index contributed by atoms with van der Waals surface area (Å²) in [6, 6.07) is 11.9. The van der Waals surface area contributed by atoms with E-state index in [4.69, 9.17) is 14.0 Å². The van der Waals surface area contributed by atoms with E-state index in [2.05, 4.69) is 20.3 Å². The van der Waals surface area contributed by atoms with Crippen molar-refractivity contribution in [3.8, 4) is 17.2 Å². The van der Waals surface area contributed by atoms with Crippen molar-refractivity contribution in [3.05, 3.63) is 71.6 Å². The van der Waals surface area contributed by atoms with Crippen LogP contribution in [-0.2, 0) is 25.0 Å². The summed E-state index contributed by atoms with van der Waals surface area (Å²) in [6.07, 6.45) is -3.89. The Balaban J connectivity index is 1.62. The predicted octanol–water partition coefficient (Wildman–Crippen LogP) is 5.11. The monoisotopic (exact) mass is 491 g/mol. The number of halogens is 3. The first-order valence-electron chi connectivity index (χ1n) is 10.2. The minimum atomic E-state index is -4.49. The molecule has 0 saturated carbocycles. The van der Waals surface area contributed by atoms with Crippen molar-refractivity contribution in [2.24, 2.45) is 0 Å². The summed E-state index contributed by atoms with van der Waals surface area (Å²) in [7, 11) is 1.56. The van der Waals surface area contributed by atoms with Crippen molar-refractivity contribution in [1.29, 1.82) is 0 Å². The van der Waals surface area contributed by atoms with Gasteiger partial charge in [-0.2, -0.15) is 18.2 Å². The summed E-state index contributed by atoms with van der Waals surface area (Å²) in [5.41, 5.74) is -0.513. The third-order valence-electron chi connectivity index (χ3n) is 4.70. The van der Waals surface area contributed by atoms with Gasteiger partial charge in [0.05, 0.1) is 24.1 Å². The van der Waals surface area contributed by atoms with Crippen LogP contribution in [0.1, 0.15) is 30.0 Å². The number of aromatic nitrogens is 5. The molecule has 4 rings (SSSR count). The van der Waals surface area contributed by atoms with Gasteiger partial charge in [0.2, 0.25) is 5.89 Å². The number of aryl methyl sites for hydroxylation is 1. The standard InChI is InChI=1S/C22H20F3N5O3S/c1-3-20-26-18(29-33-20)13-34-21-28-27-19(12-32-17-9-7-16(31-2)8-10-17)30(21)15-6-4-5-14(11-15)22(23,24)25/h4-11H,3,12-13H2,1-2H3. The molecule has 0 amide bonds. The number of alkyl halides is 3. The molecule has 4 aromatic rings. The fourth-order valence-corrected chi connectivity index (χ4v) is 3.82. The van der Waals surface area contributed by atoms with Gasteiger partial charge >= 0.3 is 6.18 Å². The quantitative estimate of drug-likeness (QED) is 0.299. The smallest absolute Gasteiger partial charge is 0.416 e. The molecule has 0 atom stereocenters. The summed E-state index contributed by atoms with van der Waals surface area (Å²) in [5.74, 6) is 2.82. The number of rotatable bonds is 9. The van der Waals surface area contributed by atoms with E-state index in [1.165, 1.54) is 22.4 Å². The van der Waals surface area contributed by atoms with Gasteiger partial charge in [-0.25, -0.2) is 0 Å². The zero-order chi connectivity index (χ0) is 24.1. The highest BCUT2D eigenvalue weighted by Crippen LogP contribution is 2.32. The average Bonchev–Trinajstić information content (AvgIpc) is 3.48. The highest BCUT2D eigenvalue weighted by Gasteiger charge is 2.31. The summed E-state index contributed by atoms with van der Waals surface area (Å²) in [6.45, 7) is 1.88. The van der Waals surface area contributed by atoms with Gasteiger partial charge in [0, 0.05) is 6.42 Å². The summed E-state index contributed by atoms with van der Waals surface area (Å²) < 4.78 is 57.6. The van der Waals surface area contributed by atoms with Gasteiger partial charge in [0.25, 0.3) is 0 Å². The maximum absolute atomic E-state index is 13.3. The zero-order valence-corrected chi connectivity index (χ0v) is 19.1. The van der Waals surface area contributed by atoms with Crippen LogP contribution in [0.15, 0.2) is 58.2 Å². The number of nitrogens with zero attached hydrogens (tertiary/aromatic N) is 5. The fourth-order valence-electron chi connectivity index (χ4n) is 3.01. The van der Waals surface area contributed by atoms with Gasteiger partial charge in [0.1, 0.15) is 18.1 Å². The normalized spacial score (nSPS) is 11.6. The lowest BCUT2D eigenvalue weighted by molar-refractivity contribution is -0.137. The van der Waals surface area contributed by atoms with Crippen LogP contribution in [0, 0.1) is 0 Å². The second-order valence-electron chi connectivity index (χ2n) is 6.99. The summed E-state index contributed by atoms with van der Waals surface area (Å²) in [4.78, 5) is 4.25. The lowest BCUT2D eigenvalue weighted by atomic mass is 10.2. The van der Waals surface area contributed by atoms with Crippen LogP contribution in [-0.4, -0.2) is 32.0 Å². The van der Waals surface area contributed by atoms with E-state index in [0.717, 1.165) is 12.1 Å². The highest BCUT2D eigenvalue weighted by molar-refractivity contribution is 7.98. The van der Waals surface area contributed by atoms with Crippen LogP contribution in [0.4, 0.5) is 13.2 Å². The van der Waals surface area contributed by atoms with Crippen LogP contribution < -0.4 is 9.47 Å². The number of methoxy groups -OCH3 is 1. The SMILES string of the molecule is CCc1nc(CSc2nnc(COc3ccc(OC)cc3)n2-c2cccc(C(F)(F)F)c2)no1. The van der Waals surface area contributed by atoms with Crippen molar-refractivity contribution in [2.75, 3.05) is 7.11 Å². The minimum absolute atomic E-state index is 0.0155. The number of thioether (sulfide) groups is 1. The lowest BCUT2D eigenvalue weighted by Crippen LogP contribution is -2.09. The molecule has 0 saturated heterocycles. The van der Waals surface area contributed by atoms with Crippen molar-refractivity contribution in [2.45, 2.75) is 37.0 Å². The number of hydrogen-bond acceptors (Lipinski definition) is 8. The van der Waals surface area contributed by atoms with E-state index in [1.54, 1.807) is 37.4 Å². The molecule has 2 heterocycles. The Morgan fingerprint density at radius 1 is 1.06 bits per heavy atom. The average molecular weight is 491 g/mol. The fraction of sp³-hybridized carbons (Fsp3) is 0.273. The number of ether oxygens (including phenoxy) is 2. The molecule has 34 heavy (non-hydrogen) atoms. The molecule has 0 aliphatic carbocycles. The van der Waals surface area contributed by atoms with Crippen LogP contribution in [0.25, 0.3) is 5.69 Å². The summed E-state index contributed by atoms with van der Waals surface area (Å²) >= 11 is 1.23. The first-order chi connectivity index (χ1) is 16.4. The van der Waals surface area contributed by atoms with Crippen molar-refractivity contribution in [1.82, 2.24) is 24.9 Å². The van der Waals surface area contributed by atoms with Gasteiger partial charge in [-0.3, -0.25) is 4.57 Å². The number of benzene rings is 2. The Morgan fingerprint density at radius 2 is 1.82 bits per heavy atom. The van der Waals surface area contributed by atoms with E-state index in [0.29, 0.717) is 46.4 Å². The molecule has 0 radical (unpaired) electrons. The topological polar surface area (TPSA) is 88.1 Å². The predicted molar refractivity (Wildman–Crippen MR) is 117 cm³/mol. The molecule has 2 aromatic heterocycles. The largest absolute Gasteiger partial charge is 0.497 e. The lowest BCUT2D eigenvalue weighted by Gasteiger charge is -2.13. The van der Waals surface area contributed by atoms with E-state index in [9.17, 15) is 13.2 Å². The molecule has 8 nitrogen and oxygen atoms in total. The van der Waals surface area contributed by atoms with E-state index < -0.39 is 11.7 Å². The van der Waals surface area contributed by atoms with Crippen molar-refractivity contribution < 1.29 is 27.2 Å². The molecule has 0 spiro atoms. The molecule has 0 bridgehead atoms. The Kier molecular flexibility index (Phi) is 7.06. The van der Waals surface area contributed by atoms with Gasteiger partial charge in [-0.15, -0.1) is 10.2 Å². The van der Waals surface area contributed by atoms with Gasteiger partial charge in [-0.05, 0) is 42.5 Å². The molecule has 178 valence electrons. The molecule has 0 aliphatic rings.